The van der Waals surface area contributed by atoms with Gasteiger partial charge in [0.05, 0.1) is 16.1 Å². The first-order valence-corrected chi connectivity index (χ1v) is 13.9. The third-order valence-electron chi connectivity index (χ3n) is 6.55. The maximum absolute atomic E-state index is 13.0. The van der Waals surface area contributed by atoms with Crippen molar-refractivity contribution < 1.29 is 41.4 Å². The van der Waals surface area contributed by atoms with E-state index in [4.69, 9.17) is 9.90 Å². The summed E-state index contributed by atoms with van der Waals surface area (Å²) in [7, 11) is -3.79. The van der Waals surface area contributed by atoms with Gasteiger partial charge in [-0.15, -0.1) is 0 Å². The van der Waals surface area contributed by atoms with Crippen molar-refractivity contribution in [3.63, 3.8) is 0 Å². The van der Waals surface area contributed by atoms with Crippen LogP contribution in [-0.2, 0) is 27.7 Å². The van der Waals surface area contributed by atoms with Gasteiger partial charge >= 0.3 is 18.1 Å². The predicted molar refractivity (Wildman–Crippen MR) is 136 cm³/mol. The van der Waals surface area contributed by atoms with Crippen molar-refractivity contribution in [1.29, 1.82) is 0 Å². The Kier molecular flexibility index (Phi) is 9.64. The number of fused-ring (bicyclic) bond motifs is 1. The summed E-state index contributed by atoms with van der Waals surface area (Å²) in [4.78, 5) is 23.2. The molecular weight excluding hydrogens is 525 g/mol. The van der Waals surface area contributed by atoms with E-state index in [-0.39, 0.29) is 16.1 Å². The van der Waals surface area contributed by atoms with Crippen molar-refractivity contribution in [2.24, 2.45) is 0 Å². The summed E-state index contributed by atoms with van der Waals surface area (Å²) in [5.41, 5.74) is 3.37. The van der Waals surface area contributed by atoms with Crippen molar-refractivity contribution in [1.82, 2.24) is 0 Å². The highest BCUT2D eigenvalue weighted by molar-refractivity contribution is 7.92. The average molecular weight is 557 g/mol. The number of nitrogens with zero attached hydrogens (tertiary/aromatic N) is 1. The van der Waals surface area contributed by atoms with Gasteiger partial charge in [0.2, 0.25) is 0 Å². The molecule has 1 aliphatic heterocycles. The summed E-state index contributed by atoms with van der Waals surface area (Å²) in [6.45, 7) is 1.64. The van der Waals surface area contributed by atoms with Crippen molar-refractivity contribution in [2.75, 3.05) is 22.7 Å². The van der Waals surface area contributed by atoms with Crippen LogP contribution < -0.4 is 9.62 Å². The van der Waals surface area contributed by atoms with E-state index in [1.165, 1.54) is 18.1 Å². The molecule has 4 rings (SSSR count). The first kappa shape index (κ1) is 29.3. The normalized spacial score (nSPS) is 16.2. The van der Waals surface area contributed by atoms with E-state index in [0.717, 1.165) is 70.0 Å². The highest BCUT2D eigenvalue weighted by Gasteiger charge is 2.38. The number of hydrogen-bond acceptors (Lipinski definition) is 5. The number of rotatable bonds is 5. The molecule has 3 N–H and O–H groups in total. The number of sulfonamides is 1. The molecule has 2 aromatic rings. The number of aromatic carboxylic acids is 1. The van der Waals surface area contributed by atoms with Crippen LogP contribution in [0.2, 0.25) is 0 Å². The van der Waals surface area contributed by atoms with Crippen LogP contribution in [0.1, 0.15) is 66.4 Å². The number of hydrogen-bond donors (Lipinski definition) is 3. The minimum Gasteiger partial charge on any atom is -0.478 e. The molecule has 12 heteroatoms. The first-order valence-electron chi connectivity index (χ1n) is 12.5. The van der Waals surface area contributed by atoms with Crippen LogP contribution in [0.3, 0.4) is 0 Å². The highest BCUT2D eigenvalue weighted by atomic mass is 32.2. The molecule has 0 saturated carbocycles. The number of aliphatic carboxylic acids is 1. The number of halogens is 3. The van der Waals surface area contributed by atoms with E-state index in [2.05, 4.69) is 9.62 Å². The van der Waals surface area contributed by atoms with Gasteiger partial charge in [0.25, 0.3) is 10.0 Å². The minimum absolute atomic E-state index is 0.131. The van der Waals surface area contributed by atoms with Gasteiger partial charge in [-0.3, -0.25) is 4.72 Å². The van der Waals surface area contributed by atoms with Gasteiger partial charge in [0.15, 0.2) is 0 Å². The van der Waals surface area contributed by atoms with Gasteiger partial charge in [0.1, 0.15) is 0 Å². The van der Waals surface area contributed by atoms with Gasteiger partial charge < -0.3 is 15.1 Å². The van der Waals surface area contributed by atoms with E-state index in [0.29, 0.717) is 5.69 Å². The quantitative estimate of drug-likeness (QED) is 0.446. The van der Waals surface area contributed by atoms with Crippen LogP contribution >= 0.6 is 0 Å². The van der Waals surface area contributed by atoms with Crippen molar-refractivity contribution in [3.05, 3.63) is 53.1 Å². The molecule has 0 spiro atoms. The lowest BCUT2D eigenvalue weighted by molar-refractivity contribution is -0.192. The molecule has 2 aromatic carbocycles. The predicted octanol–water partition coefficient (Wildman–Crippen LogP) is 5.47. The van der Waals surface area contributed by atoms with E-state index in [1.54, 1.807) is 24.3 Å². The van der Waals surface area contributed by atoms with Crippen LogP contribution in [-0.4, -0.2) is 49.8 Å². The fraction of sp³-hybridized carbons (Fsp3) is 0.462. The van der Waals surface area contributed by atoms with Crippen molar-refractivity contribution in [2.45, 2.75) is 68.9 Å². The molecule has 38 heavy (non-hydrogen) atoms. The average Bonchev–Trinajstić information content (AvgIpc) is 2.83. The molecule has 1 heterocycles. The summed E-state index contributed by atoms with van der Waals surface area (Å²) >= 11 is 0. The second-order valence-corrected chi connectivity index (χ2v) is 11.0. The number of benzene rings is 2. The molecule has 0 amide bonds. The number of aryl methyl sites for hydroxylation is 2. The Morgan fingerprint density at radius 1 is 0.816 bits per heavy atom. The van der Waals surface area contributed by atoms with Crippen molar-refractivity contribution >= 4 is 33.3 Å². The smallest absolute Gasteiger partial charge is 0.478 e. The lowest BCUT2D eigenvalue weighted by Crippen LogP contribution is -2.28. The maximum Gasteiger partial charge on any atom is 0.490 e. The first-order chi connectivity index (χ1) is 17.9. The summed E-state index contributed by atoms with van der Waals surface area (Å²) in [6, 6.07) is 10.1. The van der Waals surface area contributed by atoms with Crippen LogP contribution in [0.25, 0.3) is 0 Å². The molecule has 2 aliphatic rings. The maximum atomic E-state index is 13.0. The molecule has 0 unspecified atom stereocenters. The fourth-order valence-corrected chi connectivity index (χ4v) is 5.73. The zero-order valence-electron chi connectivity index (χ0n) is 20.8. The van der Waals surface area contributed by atoms with E-state index < -0.39 is 28.1 Å². The monoisotopic (exact) mass is 556 g/mol. The van der Waals surface area contributed by atoms with Crippen LogP contribution in [0.15, 0.2) is 41.3 Å². The third-order valence-corrected chi connectivity index (χ3v) is 7.93. The Morgan fingerprint density at radius 2 is 1.39 bits per heavy atom. The Labute approximate surface area is 219 Å². The number of alkyl halides is 3. The largest absolute Gasteiger partial charge is 0.490 e. The molecule has 0 atom stereocenters. The van der Waals surface area contributed by atoms with Gasteiger partial charge in [-0.05, 0) is 80.0 Å². The standard InChI is InChI=1S/C24H30N2O4S.C2HF3O2/c27-24(28)22-17-20(11-13-23(22)26-14-6-2-1-3-7-15-26)25-31(29,30)21-12-10-18-8-4-5-9-19(18)16-21;3-2(4,5)1(6)7/h10-13,16-17,25H,1-9,14-15H2,(H,27,28);(H,6,7). The highest BCUT2D eigenvalue weighted by Crippen LogP contribution is 2.29. The lowest BCUT2D eigenvalue weighted by Gasteiger charge is -2.28. The molecule has 208 valence electrons. The number of anilines is 2. The lowest BCUT2D eigenvalue weighted by atomic mass is 9.92. The molecule has 0 bridgehead atoms. The zero-order chi connectivity index (χ0) is 27.9. The fourth-order valence-electron chi connectivity index (χ4n) is 4.63. The van der Waals surface area contributed by atoms with Gasteiger partial charge in [0, 0.05) is 18.8 Å². The molecule has 1 aliphatic carbocycles. The summed E-state index contributed by atoms with van der Waals surface area (Å²) in [6.07, 6.45) is 4.60. The third kappa shape index (κ3) is 7.86. The Morgan fingerprint density at radius 3 is 1.97 bits per heavy atom. The van der Waals surface area contributed by atoms with Gasteiger partial charge in [-0.1, -0.05) is 25.3 Å². The van der Waals surface area contributed by atoms with Gasteiger partial charge in [-0.2, -0.15) is 13.2 Å². The molecule has 0 aromatic heterocycles. The molecule has 1 fully saturated rings. The topological polar surface area (TPSA) is 124 Å². The second-order valence-electron chi connectivity index (χ2n) is 9.34. The van der Waals surface area contributed by atoms with E-state index >= 15 is 0 Å². The second kappa shape index (κ2) is 12.5. The number of carboxylic acid groups (broad SMARTS) is 2. The van der Waals surface area contributed by atoms with E-state index in [1.807, 2.05) is 6.07 Å². The molecular formula is C26H31F3N2O6S. The van der Waals surface area contributed by atoms with Crippen LogP contribution in [0.5, 0.6) is 0 Å². The summed E-state index contributed by atoms with van der Waals surface area (Å²) in [5, 5.41) is 16.9. The minimum atomic E-state index is -5.08. The van der Waals surface area contributed by atoms with Crippen LogP contribution in [0.4, 0.5) is 24.5 Å². The molecule has 8 nitrogen and oxygen atoms in total. The number of carbonyl (C=O) groups is 2. The summed E-state index contributed by atoms with van der Waals surface area (Å²) in [5.74, 6) is -3.81. The number of carboxylic acids is 2. The van der Waals surface area contributed by atoms with Crippen molar-refractivity contribution in [3.8, 4) is 0 Å². The van der Waals surface area contributed by atoms with Gasteiger partial charge in [-0.25, -0.2) is 18.0 Å². The van der Waals surface area contributed by atoms with E-state index in [9.17, 15) is 31.5 Å². The molecule has 1 saturated heterocycles. The Bertz CT molecular complexity index is 1260. The molecule has 0 radical (unpaired) electrons. The Hall–Kier alpha value is -3.28. The zero-order valence-corrected chi connectivity index (χ0v) is 21.6. The number of nitrogens with one attached hydrogen (secondary N) is 1. The van der Waals surface area contributed by atoms with Crippen LogP contribution in [0, 0.1) is 0 Å². The Balaban J connectivity index is 0.000000505. The SMILES string of the molecule is O=C(O)C(F)(F)F.O=C(O)c1cc(NS(=O)(=O)c2ccc3c(c2)CCCC3)ccc1N1CCCCCCC1. The summed E-state index contributed by atoms with van der Waals surface area (Å²) < 4.78 is 60.3.